The van der Waals surface area contributed by atoms with Gasteiger partial charge in [-0.25, -0.2) is 4.98 Å². The highest BCUT2D eigenvalue weighted by Crippen LogP contribution is 2.48. The second kappa shape index (κ2) is 5.19. The number of nitrogens with one attached hydrogen (secondary N) is 1. The minimum absolute atomic E-state index is 0.315. The fourth-order valence-electron chi connectivity index (χ4n) is 2.99. The van der Waals surface area contributed by atoms with Crippen LogP contribution in [-0.4, -0.2) is 15.6 Å². The van der Waals surface area contributed by atoms with E-state index < -0.39 is 0 Å². The van der Waals surface area contributed by atoms with Gasteiger partial charge in [0, 0.05) is 19.0 Å². The summed E-state index contributed by atoms with van der Waals surface area (Å²) < 4.78 is 2.35. The zero-order chi connectivity index (χ0) is 14.2. The molecule has 0 saturated heterocycles. The smallest absolute Gasteiger partial charge is 0.111 e. The van der Waals surface area contributed by atoms with Crippen LogP contribution in [-0.2, 0) is 13.0 Å². The molecule has 0 amide bonds. The van der Waals surface area contributed by atoms with Crippen molar-refractivity contribution in [3.63, 3.8) is 0 Å². The van der Waals surface area contributed by atoms with Crippen molar-refractivity contribution >= 4 is 11.0 Å². The largest absolute Gasteiger partial charge is 0.328 e. The van der Waals surface area contributed by atoms with Crippen molar-refractivity contribution in [3.8, 4) is 0 Å². The molecule has 0 radical (unpaired) electrons. The highest BCUT2D eigenvalue weighted by atomic mass is 15.2. The van der Waals surface area contributed by atoms with Gasteiger partial charge in [-0.3, -0.25) is 11.3 Å². The fraction of sp³-hybridized carbons (Fsp3) is 0.562. The number of rotatable bonds is 6. The number of aromatic nitrogens is 2. The standard InChI is InChI=1S/C16H24N4/c1-3-10-20-13-7-5-4-6-12(13)18-15(20)11-14(19-17)16(2)8-9-16/h4-7,14,19H,3,8-11,17H2,1-2H3. The molecule has 1 atom stereocenters. The van der Waals surface area contributed by atoms with Gasteiger partial charge >= 0.3 is 0 Å². The maximum atomic E-state index is 5.78. The summed E-state index contributed by atoms with van der Waals surface area (Å²) in [5.41, 5.74) is 5.69. The van der Waals surface area contributed by atoms with Crippen LogP contribution in [0.3, 0.4) is 0 Å². The highest BCUT2D eigenvalue weighted by Gasteiger charge is 2.44. The van der Waals surface area contributed by atoms with Gasteiger partial charge < -0.3 is 4.57 Å². The van der Waals surface area contributed by atoms with Crippen LogP contribution in [0, 0.1) is 5.41 Å². The lowest BCUT2D eigenvalue weighted by molar-refractivity contribution is 0.350. The van der Waals surface area contributed by atoms with Gasteiger partial charge in [0.25, 0.3) is 0 Å². The molecule has 1 saturated carbocycles. The van der Waals surface area contributed by atoms with E-state index >= 15 is 0 Å². The monoisotopic (exact) mass is 272 g/mol. The number of hydrogen-bond donors (Lipinski definition) is 2. The van der Waals surface area contributed by atoms with Crippen LogP contribution in [0.25, 0.3) is 11.0 Å². The average Bonchev–Trinajstić information content (AvgIpc) is 3.11. The third kappa shape index (κ3) is 2.34. The van der Waals surface area contributed by atoms with Crippen molar-refractivity contribution in [2.45, 2.75) is 52.1 Å². The molecule has 1 aliphatic carbocycles. The van der Waals surface area contributed by atoms with Gasteiger partial charge in [-0.05, 0) is 36.8 Å². The number of nitrogens with two attached hydrogens (primary N) is 1. The first-order chi connectivity index (χ1) is 9.68. The van der Waals surface area contributed by atoms with Gasteiger partial charge in [-0.15, -0.1) is 0 Å². The zero-order valence-corrected chi connectivity index (χ0v) is 12.4. The third-order valence-corrected chi connectivity index (χ3v) is 4.65. The summed E-state index contributed by atoms with van der Waals surface area (Å²) in [6, 6.07) is 8.70. The van der Waals surface area contributed by atoms with E-state index in [1.54, 1.807) is 0 Å². The van der Waals surface area contributed by atoms with Crippen molar-refractivity contribution in [3.05, 3.63) is 30.1 Å². The van der Waals surface area contributed by atoms with E-state index in [1.165, 1.54) is 18.4 Å². The van der Waals surface area contributed by atoms with Crippen LogP contribution in [0.15, 0.2) is 24.3 Å². The van der Waals surface area contributed by atoms with Gasteiger partial charge in [0.15, 0.2) is 0 Å². The molecule has 1 aliphatic rings. The Morgan fingerprint density at radius 2 is 2.15 bits per heavy atom. The molecule has 0 spiro atoms. The Hall–Kier alpha value is -1.39. The summed E-state index contributed by atoms with van der Waals surface area (Å²) in [5, 5.41) is 0. The maximum absolute atomic E-state index is 5.78. The minimum atomic E-state index is 0.315. The van der Waals surface area contributed by atoms with E-state index in [9.17, 15) is 0 Å². The number of benzene rings is 1. The molecular formula is C16H24N4. The highest BCUT2D eigenvalue weighted by molar-refractivity contribution is 5.75. The van der Waals surface area contributed by atoms with Gasteiger partial charge in [-0.2, -0.15) is 0 Å². The second-order valence-corrected chi connectivity index (χ2v) is 6.25. The normalized spacial score (nSPS) is 18.4. The molecule has 3 rings (SSSR count). The van der Waals surface area contributed by atoms with Gasteiger partial charge in [-0.1, -0.05) is 26.0 Å². The lowest BCUT2D eigenvalue weighted by Crippen LogP contribution is -2.43. The van der Waals surface area contributed by atoms with E-state index in [4.69, 9.17) is 10.8 Å². The molecule has 2 aromatic rings. The molecule has 1 aromatic carbocycles. The van der Waals surface area contributed by atoms with E-state index in [1.807, 2.05) is 0 Å². The van der Waals surface area contributed by atoms with E-state index in [-0.39, 0.29) is 0 Å². The number of hydrogen-bond acceptors (Lipinski definition) is 3. The molecule has 1 heterocycles. The summed E-state index contributed by atoms with van der Waals surface area (Å²) in [7, 11) is 0. The van der Waals surface area contributed by atoms with Crippen LogP contribution in [0.4, 0.5) is 0 Å². The van der Waals surface area contributed by atoms with Crippen LogP contribution in [0.1, 0.15) is 38.9 Å². The molecule has 1 unspecified atom stereocenters. The minimum Gasteiger partial charge on any atom is -0.328 e. The van der Waals surface area contributed by atoms with Crippen molar-refractivity contribution in [1.82, 2.24) is 15.0 Å². The average molecular weight is 272 g/mol. The van der Waals surface area contributed by atoms with Gasteiger partial charge in [0.2, 0.25) is 0 Å². The number of nitrogens with zero attached hydrogens (tertiary/aromatic N) is 2. The summed E-state index contributed by atoms with van der Waals surface area (Å²) in [4.78, 5) is 4.83. The van der Waals surface area contributed by atoms with Crippen LogP contribution in [0.2, 0.25) is 0 Å². The van der Waals surface area contributed by atoms with Gasteiger partial charge in [0.05, 0.1) is 11.0 Å². The summed E-state index contributed by atoms with van der Waals surface area (Å²) in [5.74, 6) is 6.93. The second-order valence-electron chi connectivity index (χ2n) is 6.25. The van der Waals surface area contributed by atoms with Gasteiger partial charge in [0.1, 0.15) is 5.82 Å². The van der Waals surface area contributed by atoms with Crippen molar-refractivity contribution in [2.75, 3.05) is 0 Å². The fourth-order valence-corrected chi connectivity index (χ4v) is 2.99. The Kier molecular flexibility index (Phi) is 3.52. The quantitative estimate of drug-likeness (QED) is 0.628. The number of aryl methyl sites for hydroxylation is 1. The number of para-hydroxylation sites is 2. The molecule has 4 heteroatoms. The topological polar surface area (TPSA) is 55.9 Å². The Morgan fingerprint density at radius 3 is 2.80 bits per heavy atom. The number of fused-ring (bicyclic) bond motifs is 1. The van der Waals surface area contributed by atoms with Crippen molar-refractivity contribution in [1.29, 1.82) is 0 Å². The first-order valence-corrected chi connectivity index (χ1v) is 7.58. The number of hydrazine groups is 1. The molecule has 1 fully saturated rings. The van der Waals surface area contributed by atoms with Crippen LogP contribution in [0.5, 0.6) is 0 Å². The summed E-state index contributed by atoms with van der Waals surface area (Å²) in [6.45, 7) is 5.54. The Labute approximate surface area is 120 Å². The van der Waals surface area contributed by atoms with E-state index in [2.05, 4.69) is 48.1 Å². The predicted octanol–water partition coefficient (Wildman–Crippen LogP) is 2.62. The molecule has 1 aromatic heterocycles. The molecule has 3 N–H and O–H groups in total. The van der Waals surface area contributed by atoms with E-state index in [0.717, 1.165) is 30.7 Å². The van der Waals surface area contributed by atoms with Crippen LogP contribution >= 0.6 is 0 Å². The van der Waals surface area contributed by atoms with Crippen molar-refractivity contribution in [2.24, 2.45) is 11.3 Å². The van der Waals surface area contributed by atoms with E-state index in [0.29, 0.717) is 11.5 Å². The SMILES string of the molecule is CCCn1c(CC(NN)C2(C)CC2)nc2ccccc21. The first-order valence-electron chi connectivity index (χ1n) is 7.58. The Bertz CT molecular complexity index is 598. The summed E-state index contributed by atoms with van der Waals surface area (Å²) >= 11 is 0. The molecule has 108 valence electrons. The lowest BCUT2D eigenvalue weighted by Gasteiger charge is -2.22. The molecule has 20 heavy (non-hydrogen) atoms. The zero-order valence-electron chi connectivity index (χ0n) is 12.4. The molecule has 4 nitrogen and oxygen atoms in total. The molecule has 0 aliphatic heterocycles. The lowest BCUT2D eigenvalue weighted by atomic mass is 9.96. The van der Waals surface area contributed by atoms with Crippen molar-refractivity contribution < 1.29 is 0 Å². The third-order valence-electron chi connectivity index (χ3n) is 4.65. The van der Waals surface area contributed by atoms with Crippen LogP contribution < -0.4 is 11.3 Å². The Morgan fingerprint density at radius 1 is 1.40 bits per heavy atom. The molecule has 0 bridgehead atoms. The first kappa shape index (κ1) is 13.6. The molecular weight excluding hydrogens is 248 g/mol. The Balaban J connectivity index is 1.95. The predicted molar refractivity (Wildman–Crippen MR) is 82.2 cm³/mol. The summed E-state index contributed by atoms with van der Waals surface area (Å²) in [6.07, 6.45) is 4.54. The number of imidazole rings is 1. The maximum Gasteiger partial charge on any atom is 0.111 e.